The zero-order valence-corrected chi connectivity index (χ0v) is 26.6. The van der Waals surface area contributed by atoms with Gasteiger partial charge in [-0.3, -0.25) is 9.59 Å². The predicted octanol–water partition coefficient (Wildman–Crippen LogP) is 3.83. The Hall–Kier alpha value is -4.53. The molecule has 0 bridgehead atoms. The number of likely N-dealkylation sites (tertiary alicyclic amines) is 1. The topological polar surface area (TPSA) is 152 Å². The molecular weight excluding hydrogens is 631 g/mol. The monoisotopic (exact) mass is 668 g/mol. The maximum Gasteiger partial charge on any atom is 0.410 e. The van der Waals surface area contributed by atoms with Gasteiger partial charge in [-0.05, 0) is 67.6 Å². The number of carbonyl (C=O) groups excluding carboxylic acids is 3. The lowest BCUT2D eigenvalue weighted by Gasteiger charge is -2.36. The van der Waals surface area contributed by atoms with Crippen molar-refractivity contribution in [1.29, 1.82) is 0 Å². The van der Waals surface area contributed by atoms with E-state index in [9.17, 15) is 27.2 Å². The molecule has 47 heavy (non-hydrogen) atoms. The van der Waals surface area contributed by atoms with Gasteiger partial charge < -0.3 is 29.7 Å². The van der Waals surface area contributed by atoms with E-state index in [0.29, 0.717) is 13.0 Å². The van der Waals surface area contributed by atoms with Crippen LogP contribution in [0.25, 0.3) is 0 Å². The van der Waals surface area contributed by atoms with Crippen molar-refractivity contribution in [3.05, 3.63) is 89.7 Å². The highest BCUT2D eigenvalue weighted by molar-refractivity contribution is 7.89. The molecule has 2 fully saturated rings. The lowest BCUT2D eigenvalue weighted by Crippen LogP contribution is -2.51. The number of sulfonamides is 1. The first-order valence-electron chi connectivity index (χ1n) is 15.3. The van der Waals surface area contributed by atoms with Crippen molar-refractivity contribution in [2.24, 2.45) is 0 Å². The van der Waals surface area contributed by atoms with Crippen molar-refractivity contribution >= 4 is 33.6 Å². The number of amides is 3. The number of rotatable bonds is 12. The van der Waals surface area contributed by atoms with Crippen LogP contribution in [0.1, 0.15) is 41.6 Å². The number of hydrogen-bond donors (Lipinski definition) is 3. The summed E-state index contributed by atoms with van der Waals surface area (Å²) in [5.41, 5.74) is 1.20. The van der Waals surface area contributed by atoms with E-state index < -0.39 is 45.8 Å². The average molecular weight is 669 g/mol. The normalized spacial score (nSPS) is 17.2. The van der Waals surface area contributed by atoms with Gasteiger partial charge >= 0.3 is 6.09 Å². The van der Waals surface area contributed by atoms with Gasteiger partial charge in [0.15, 0.2) is 0 Å². The Morgan fingerprint density at radius 2 is 1.77 bits per heavy atom. The molecule has 0 radical (unpaired) electrons. The molecule has 0 aliphatic carbocycles. The third-order valence-corrected chi connectivity index (χ3v) is 9.54. The summed E-state index contributed by atoms with van der Waals surface area (Å²) in [6, 6.07) is 16.4. The maximum atomic E-state index is 13.8. The number of anilines is 1. The third-order valence-electron chi connectivity index (χ3n) is 7.98. The number of methoxy groups -OCH3 is 1. The fourth-order valence-electron chi connectivity index (χ4n) is 5.42. The highest BCUT2D eigenvalue weighted by atomic mass is 32.2. The van der Waals surface area contributed by atoms with Gasteiger partial charge in [0, 0.05) is 29.9 Å². The first-order chi connectivity index (χ1) is 22.6. The molecule has 3 amide bonds. The standard InChI is InChI=1S/C33H37FN4O8S/c1-44-29-17-25(14-15-30(29)47(42,43)37-26-20-45-21-26)35-32(40)28(36-31(39)23-10-12-24(34)13-11-23)18-27-9-5-6-16-38(27)33(41)46-19-22-7-3-2-4-8-22/h2-4,7-8,10-15,17,26-28,37H,5-6,9,16,18-21H2,1H3,(H,35,40)(H,36,39). The van der Waals surface area contributed by atoms with Crippen LogP contribution in [0.4, 0.5) is 14.9 Å². The highest BCUT2D eigenvalue weighted by Crippen LogP contribution is 2.29. The zero-order chi connectivity index (χ0) is 33.4. The van der Waals surface area contributed by atoms with Crippen molar-refractivity contribution in [2.45, 2.75) is 55.3 Å². The lowest BCUT2D eigenvalue weighted by molar-refractivity contribution is -0.118. The number of benzene rings is 3. The van der Waals surface area contributed by atoms with Crippen LogP contribution in [0, 0.1) is 5.82 Å². The van der Waals surface area contributed by atoms with Gasteiger partial charge in [-0.2, -0.15) is 0 Å². The summed E-state index contributed by atoms with van der Waals surface area (Å²) in [5.74, 6) is -1.73. The fraction of sp³-hybridized carbons (Fsp3) is 0.364. The highest BCUT2D eigenvalue weighted by Gasteiger charge is 2.34. The van der Waals surface area contributed by atoms with Gasteiger partial charge in [0.25, 0.3) is 5.91 Å². The number of piperidine rings is 1. The molecule has 2 aliphatic rings. The maximum absolute atomic E-state index is 13.8. The fourth-order valence-corrected chi connectivity index (χ4v) is 6.77. The minimum absolute atomic E-state index is 0.00190. The van der Waals surface area contributed by atoms with Gasteiger partial charge in [-0.15, -0.1) is 0 Å². The van der Waals surface area contributed by atoms with Crippen LogP contribution in [-0.2, 0) is 30.9 Å². The second-order valence-corrected chi connectivity index (χ2v) is 13.0. The molecule has 3 aromatic carbocycles. The SMILES string of the molecule is COc1cc(NC(=O)C(CC2CCCCN2C(=O)OCc2ccccc2)NC(=O)c2ccc(F)cc2)ccc1S(=O)(=O)NC1COC1. The minimum Gasteiger partial charge on any atom is -0.495 e. The predicted molar refractivity (Wildman–Crippen MR) is 170 cm³/mol. The molecule has 0 spiro atoms. The Bertz CT molecular complexity index is 1670. The summed E-state index contributed by atoms with van der Waals surface area (Å²) in [7, 11) is -2.62. The molecule has 3 aromatic rings. The molecule has 0 saturated carbocycles. The average Bonchev–Trinajstić information content (AvgIpc) is 3.06. The summed E-state index contributed by atoms with van der Waals surface area (Å²) in [6.45, 7) is 1.05. The van der Waals surface area contributed by atoms with Gasteiger partial charge in [0.1, 0.15) is 29.1 Å². The summed E-state index contributed by atoms with van der Waals surface area (Å²) < 4.78 is 57.9. The quantitative estimate of drug-likeness (QED) is 0.264. The van der Waals surface area contributed by atoms with Crippen LogP contribution >= 0.6 is 0 Å². The summed E-state index contributed by atoms with van der Waals surface area (Å²) in [6.07, 6.45) is 1.69. The van der Waals surface area contributed by atoms with Crippen LogP contribution in [0.2, 0.25) is 0 Å². The number of halogens is 1. The number of nitrogens with one attached hydrogen (secondary N) is 3. The Morgan fingerprint density at radius 1 is 1.02 bits per heavy atom. The summed E-state index contributed by atoms with van der Waals surface area (Å²) >= 11 is 0. The molecule has 14 heteroatoms. The van der Waals surface area contributed by atoms with Gasteiger partial charge in [-0.1, -0.05) is 30.3 Å². The van der Waals surface area contributed by atoms with E-state index in [2.05, 4.69) is 15.4 Å². The van der Waals surface area contributed by atoms with Crippen LogP contribution in [0.15, 0.2) is 77.7 Å². The second-order valence-electron chi connectivity index (χ2n) is 11.4. The Kier molecular flexibility index (Phi) is 11.1. The smallest absolute Gasteiger partial charge is 0.410 e. The molecule has 2 saturated heterocycles. The molecule has 2 aliphatic heterocycles. The zero-order valence-electron chi connectivity index (χ0n) is 25.8. The molecule has 2 unspecified atom stereocenters. The van der Waals surface area contributed by atoms with Crippen molar-refractivity contribution in [2.75, 3.05) is 32.2 Å². The van der Waals surface area contributed by atoms with Gasteiger partial charge in [0.05, 0.1) is 26.4 Å². The minimum atomic E-state index is -3.93. The van der Waals surface area contributed by atoms with Gasteiger partial charge in [-0.25, -0.2) is 22.3 Å². The number of ether oxygens (including phenoxy) is 3. The van der Waals surface area contributed by atoms with Gasteiger partial charge in [0.2, 0.25) is 15.9 Å². The summed E-state index contributed by atoms with van der Waals surface area (Å²) in [5, 5.41) is 5.48. The summed E-state index contributed by atoms with van der Waals surface area (Å²) in [4.78, 5) is 41.6. The van der Waals surface area contributed by atoms with Crippen molar-refractivity contribution in [3.8, 4) is 5.75 Å². The molecule has 250 valence electrons. The molecule has 0 aromatic heterocycles. The van der Waals surface area contributed by atoms with E-state index in [0.717, 1.165) is 30.5 Å². The molecule has 2 atom stereocenters. The van der Waals surface area contributed by atoms with Crippen molar-refractivity contribution < 1.29 is 41.4 Å². The van der Waals surface area contributed by atoms with E-state index in [1.54, 1.807) is 4.90 Å². The van der Waals surface area contributed by atoms with Crippen LogP contribution in [0.5, 0.6) is 5.75 Å². The number of nitrogens with zero attached hydrogens (tertiary/aromatic N) is 1. The Balaban J connectivity index is 1.34. The number of carbonyl (C=O) groups is 3. The Labute approximate surface area is 272 Å². The first kappa shape index (κ1) is 33.8. The van der Waals surface area contributed by atoms with E-state index in [1.165, 1.54) is 37.4 Å². The second kappa shape index (κ2) is 15.4. The molecule has 2 heterocycles. The third kappa shape index (κ3) is 8.84. The van der Waals surface area contributed by atoms with Crippen molar-refractivity contribution in [1.82, 2.24) is 14.9 Å². The largest absolute Gasteiger partial charge is 0.495 e. The molecule has 5 rings (SSSR count). The van der Waals surface area contributed by atoms with E-state index in [-0.39, 0.29) is 54.2 Å². The number of hydrogen-bond acceptors (Lipinski definition) is 8. The molecule has 12 nitrogen and oxygen atoms in total. The van der Waals surface area contributed by atoms with E-state index in [1.807, 2.05) is 30.3 Å². The van der Waals surface area contributed by atoms with Crippen LogP contribution in [0.3, 0.4) is 0 Å². The lowest BCUT2D eigenvalue weighted by atomic mass is 9.95. The van der Waals surface area contributed by atoms with Crippen LogP contribution < -0.4 is 20.1 Å². The molecule has 3 N–H and O–H groups in total. The first-order valence-corrected chi connectivity index (χ1v) is 16.7. The molecular formula is C33H37FN4O8S. The van der Waals surface area contributed by atoms with E-state index >= 15 is 0 Å². The van der Waals surface area contributed by atoms with Crippen molar-refractivity contribution in [3.63, 3.8) is 0 Å². The van der Waals surface area contributed by atoms with E-state index in [4.69, 9.17) is 14.2 Å². The Morgan fingerprint density at radius 3 is 2.45 bits per heavy atom. The van der Waals surface area contributed by atoms with Crippen LogP contribution in [-0.4, -0.2) is 76.2 Å².